The van der Waals surface area contributed by atoms with E-state index in [0.717, 1.165) is 22.8 Å². The number of nitrogens with two attached hydrogens (primary N) is 1. The van der Waals surface area contributed by atoms with Gasteiger partial charge in [0, 0.05) is 4.88 Å². The molecule has 92 valence electrons. The predicted octanol–water partition coefficient (Wildman–Crippen LogP) is 4.11. The second-order valence-corrected chi connectivity index (χ2v) is 8.12. The zero-order valence-corrected chi connectivity index (χ0v) is 11.4. The molecule has 4 fully saturated rings. The highest BCUT2D eigenvalue weighted by Crippen LogP contribution is 2.62. The number of nitrogen functional groups attached to an aromatic ring is 1. The zero-order valence-electron chi connectivity index (χ0n) is 10.5. The number of thiophene rings is 1. The Morgan fingerprint density at radius 3 is 2.06 bits per heavy atom. The van der Waals surface area contributed by atoms with Gasteiger partial charge in [-0.25, -0.2) is 0 Å². The first-order chi connectivity index (χ1) is 8.14. The molecule has 5 rings (SSSR count). The summed E-state index contributed by atoms with van der Waals surface area (Å²) >= 11 is 1.80. The molecule has 2 N–H and O–H groups in total. The van der Waals surface area contributed by atoms with E-state index in [4.69, 9.17) is 5.73 Å². The van der Waals surface area contributed by atoms with E-state index in [1.54, 1.807) is 11.3 Å². The molecule has 0 unspecified atom stereocenters. The van der Waals surface area contributed by atoms with Crippen LogP contribution in [0, 0.1) is 24.7 Å². The van der Waals surface area contributed by atoms with Crippen molar-refractivity contribution in [1.29, 1.82) is 0 Å². The number of rotatable bonds is 1. The highest BCUT2D eigenvalue weighted by Gasteiger charge is 2.52. The molecule has 0 spiro atoms. The molecule has 0 radical (unpaired) electrons. The maximum Gasteiger partial charge on any atom is 0.0897 e. The molecule has 1 aromatic heterocycles. The van der Waals surface area contributed by atoms with E-state index in [-0.39, 0.29) is 0 Å². The molecule has 4 aliphatic rings. The summed E-state index contributed by atoms with van der Waals surface area (Å²) in [4.78, 5) is 1.40. The molecule has 4 aliphatic carbocycles. The summed E-state index contributed by atoms with van der Waals surface area (Å²) in [5, 5.41) is 1.12. The van der Waals surface area contributed by atoms with Crippen molar-refractivity contribution in [1.82, 2.24) is 0 Å². The largest absolute Gasteiger partial charge is 0.390 e. The van der Waals surface area contributed by atoms with E-state index in [9.17, 15) is 0 Å². The molecular weight excluding hydrogens is 226 g/mol. The third kappa shape index (κ3) is 1.43. The van der Waals surface area contributed by atoms with Crippen LogP contribution < -0.4 is 5.73 Å². The minimum Gasteiger partial charge on any atom is -0.390 e. The van der Waals surface area contributed by atoms with Gasteiger partial charge in [-0.05, 0) is 80.2 Å². The standard InChI is InChI=1S/C15H21NS/c1-9-2-13(14(16)17-9)15-6-10-3-11(7-15)5-12(4-10)8-15/h2,10-12H,3-8,16H2,1H3. The lowest BCUT2D eigenvalue weighted by molar-refractivity contribution is -0.00468. The van der Waals surface area contributed by atoms with Crippen LogP contribution >= 0.6 is 11.3 Å². The molecule has 1 aromatic rings. The Morgan fingerprint density at radius 2 is 1.65 bits per heavy atom. The van der Waals surface area contributed by atoms with Crippen molar-refractivity contribution in [3.05, 3.63) is 16.5 Å². The third-order valence-electron chi connectivity index (χ3n) is 5.49. The van der Waals surface area contributed by atoms with Crippen LogP contribution in [-0.4, -0.2) is 0 Å². The van der Waals surface area contributed by atoms with Gasteiger partial charge in [0.25, 0.3) is 0 Å². The quantitative estimate of drug-likeness (QED) is 0.794. The predicted molar refractivity (Wildman–Crippen MR) is 73.3 cm³/mol. The van der Waals surface area contributed by atoms with Crippen LogP contribution in [0.1, 0.15) is 49.0 Å². The molecule has 1 heterocycles. The second kappa shape index (κ2) is 3.28. The van der Waals surface area contributed by atoms with Gasteiger partial charge in [-0.1, -0.05) is 0 Å². The van der Waals surface area contributed by atoms with Crippen molar-refractivity contribution < 1.29 is 0 Å². The number of hydrogen-bond acceptors (Lipinski definition) is 2. The van der Waals surface area contributed by atoms with Crippen molar-refractivity contribution in [2.24, 2.45) is 17.8 Å². The lowest BCUT2D eigenvalue weighted by Crippen LogP contribution is -2.48. The van der Waals surface area contributed by atoms with Crippen LogP contribution in [0.5, 0.6) is 0 Å². The molecule has 4 saturated carbocycles. The summed E-state index contributed by atoms with van der Waals surface area (Å²) < 4.78 is 0. The van der Waals surface area contributed by atoms with E-state index in [1.165, 1.54) is 49.0 Å². The second-order valence-electron chi connectivity index (χ2n) is 6.83. The molecule has 17 heavy (non-hydrogen) atoms. The van der Waals surface area contributed by atoms with Crippen LogP contribution in [0.3, 0.4) is 0 Å². The van der Waals surface area contributed by atoms with Gasteiger partial charge in [0.05, 0.1) is 5.00 Å². The Bertz CT molecular complexity index is 424. The highest BCUT2D eigenvalue weighted by molar-refractivity contribution is 7.16. The minimum atomic E-state index is 0.490. The lowest BCUT2D eigenvalue weighted by atomic mass is 9.48. The Labute approximate surface area is 107 Å². The molecule has 0 saturated heterocycles. The molecule has 4 bridgehead atoms. The van der Waals surface area contributed by atoms with Crippen molar-refractivity contribution in [2.75, 3.05) is 5.73 Å². The third-order valence-corrected chi connectivity index (χ3v) is 6.37. The van der Waals surface area contributed by atoms with Gasteiger partial charge >= 0.3 is 0 Å². The molecule has 0 atom stereocenters. The fourth-order valence-corrected chi connectivity index (χ4v) is 6.30. The number of aryl methyl sites for hydroxylation is 1. The van der Waals surface area contributed by atoms with Crippen LogP contribution in [-0.2, 0) is 5.41 Å². The molecule has 0 amide bonds. The van der Waals surface area contributed by atoms with Gasteiger partial charge in [-0.2, -0.15) is 0 Å². The van der Waals surface area contributed by atoms with E-state index in [2.05, 4.69) is 13.0 Å². The minimum absolute atomic E-state index is 0.490. The van der Waals surface area contributed by atoms with Gasteiger partial charge in [-0.15, -0.1) is 11.3 Å². The van der Waals surface area contributed by atoms with Gasteiger partial charge in [0.1, 0.15) is 0 Å². The average molecular weight is 247 g/mol. The van der Waals surface area contributed by atoms with Crippen LogP contribution in [0.4, 0.5) is 5.00 Å². The number of anilines is 1. The van der Waals surface area contributed by atoms with Gasteiger partial charge < -0.3 is 5.73 Å². The highest BCUT2D eigenvalue weighted by atomic mass is 32.1. The first kappa shape index (κ1) is 10.4. The SMILES string of the molecule is Cc1cc(C23CC4CC(CC(C4)C2)C3)c(N)s1. The van der Waals surface area contributed by atoms with Crippen LogP contribution in [0.25, 0.3) is 0 Å². The molecule has 0 aromatic carbocycles. The van der Waals surface area contributed by atoms with Gasteiger partial charge in [-0.3, -0.25) is 0 Å². The van der Waals surface area contributed by atoms with E-state index >= 15 is 0 Å². The van der Waals surface area contributed by atoms with Crippen molar-refractivity contribution in [3.8, 4) is 0 Å². The molecule has 1 nitrogen and oxygen atoms in total. The topological polar surface area (TPSA) is 26.0 Å². The molecular formula is C15H21NS. The monoisotopic (exact) mass is 247 g/mol. The van der Waals surface area contributed by atoms with E-state index < -0.39 is 0 Å². The smallest absolute Gasteiger partial charge is 0.0897 e. The first-order valence-corrected chi connectivity index (χ1v) is 7.83. The Kier molecular flexibility index (Phi) is 2.01. The molecule has 2 heteroatoms. The van der Waals surface area contributed by atoms with Crippen molar-refractivity contribution >= 4 is 16.3 Å². The van der Waals surface area contributed by atoms with Gasteiger partial charge in [0.15, 0.2) is 0 Å². The Morgan fingerprint density at radius 1 is 1.12 bits per heavy atom. The Hall–Kier alpha value is -0.500. The van der Waals surface area contributed by atoms with E-state index in [0.29, 0.717) is 5.41 Å². The van der Waals surface area contributed by atoms with Crippen molar-refractivity contribution in [2.45, 2.75) is 50.9 Å². The summed E-state index contributed by atoms with van der Waals surface area (Å²) in [6, 6.07) is 2.40. The normalized spacial score (nSPS) is 43.2. The lowest BCUT2D eigenvalue weighted by Gasteiger charge is -2.57. The summed E-state index contributed by atoms with van der Waals surface area (Å²) in [5.74, 6) is 3.04. The van der Waals surface area contributed by atoms with Crippen LogP contribution in [0.15, 0.2) is 6.07 Å². The number of hydrogen-bond donors (Lipinski definition) is 1. The van der Waals surface area contributed by atoms with Crippen molar-refractivity contribution in [3.63, 3.8) is 0 Å². The van der Waals surface area contributed by atoms with E-state index in [1.807, 2.05) is 0 Å². The first-order valence-electron chi connectivity index (χ1n) is 7.01. The summed E-state index contributed by atoms with van der Waals surface area (Å²) in [6.07, 6.45) is 8.84. The van der Waals surface area contributed by atoms with Gasteiger partial charge in [0.2, 0.25) is 0 Å². The maximum absolute atomic E-state index is 6.28. The van der Waals surface area contributed by atoms with Crippen LogP contribution in [0.2, 0.25) is 0 Å². The Balaban J connectivity index is 1.79. The maximum atomic E-state index is 6.28. The fraction of sp³-hybridized carbons (Fsp3) is 0.733. The summed E-state index contributed by atoms with van der Waals surface area (Å²) in [7, 11) is 0. The molecule has 0 aliphatic heterocycles. The summed E-state index contributed by atoms with van der Waals surface area (Å²) in [5.41, 5.74) is 8.30. The zero-order chi connectivity index (χ0) is 11.6. The average Bonchev–Trinajstić information content (AvgIpc) is 2.56. The fourth-order valence-electron chi connectivity index (χ4n) is 5.39. The summed E-state index contributed by atoms with van der Waals surface area (Å²) in [6.45, 7) is 2.20.